The number of ether oxygens (including phenoxy) is 1. The number of hydrogen-bond donors (Lipinski definition) is 0. The van der Waals surface area contributed by atoms with Gasteiger partial charge < -0.3 is 14.5 Å². The highest BCUT2D eigenvalue weighted by molar-refractivity contribution is 5.68. The Hall–Kier alpha value is -2.70. The van der Waals surface area contributed by atoms with Crippen molar-refractivity contribution in [3.05, 3.63) is 36.5 Å². The summed E-state index contributed by atoms with van der Waals surface area (Å²) >= 11 is 0. The Morgan fingerprint density at radius 3 is 2.30 bits per heavy atom. The van der Waals surface area contributed by atoms with Gasteiger partial charge in [0.05, 0.1) is 5.69 Å². The molecule has 4 rings (SSSR count). The molecule has 142 valence electrons. The molecular formula is C20H25N5O2. The van der Waals surface area contributed by atoms with E-state index in [0.29, 0.717) is 11.8 Å². The van der Waals surface area contributed by atoms with Crippen LogP contribution in [0.4, 0.5) is 10.6 Å². The summed E-state index contributed by atoms with van der Waals surface area (Å²) in [5, 5.41) is 8.73. The molecule has 0 radical (unpaired) electrons. The Bertz CT molecular complexity index is 789. The molecule has 0 bridgehead atoms. The number of anilines is 1. The molecule has 2 aliphatic rings. The molecule has 7 nitrogen and oxygen atoms in total. The van der Waals surface area contributed by atoms with E-state index in [-0.39, 0.29) is 6.09 Å². The van der Waals surface area contributed by atoms with Crippen LogP contribution in [0.25, 0.3) is 11.4 Å². The van der Waals surface area contributed by atoms with E-state index in [2.05, 4.69) is 20.1 Å². The number of aromatic nitrogens is 3. The van der Waals surface area contributed by atoms with Gasteiger partial charge in [0.2, 0.25) is 0 Å². The number of nitrogens with zero attached hydrogens (tertiary/aromatic N) is 5. The maximum absolute atomic E-state index is 12.3. The van der Waals surface area contributed by atoms with Gasteiger partial charge in [-0.2, -0.15) is 0 Å². The summed E-state index contributed by atoms with van der Waals surface area (Å²) in [5.74, 6) is 1.79. The second kappa shape index (κ2) is 6.79. The summed E-state index contributed by atoms with van der Waals surface area (Å²) < 4.78 is 5.50. The highest BCUT2D eigenvalue weighted by Crippen LogP contribution is 2.34. The highest BCUT2D eigenvalue weighted by Gasteiger charge is 2.43. The van der Waals surface area contributed by atoms with Crippen LogP contribution in [0.15, 0.2) is 36.5 Å². The molecule has 4 heterocycles. The van der Waals surface area contributed by atoms with E-state index in [0.717, 1.165) is 43.4 Å². The summed E-state index contributed by atoms with van der Waals surface area (Å²) in [6.45, 7) is 8.97. The van der Waals surface area contributed by atoms with Gasteiger partial charge in [0.1, 0.15) is 11.3 Å². The summed E-state index contributed by atoms with van der Waals surface area (Å²) in [4.78, 5) is 20.7. The van der Waals surface area contributed by atoms with Gasteiger partial charge in [0, 0.05) is 44.2 Å². The third-order valence-corrected chi connectivity index (χ3v) is 5.04. The Balaban J connectivity index is 1.37. The number of carbonyl (C=O) groups is 1. The van der Waals surface area contributed by atoms with Gasteiger partial charge in [0.25, 0.3) is 0 Å². The second-order valence-corrected chi connectivity index (χ2v) is 8.30. The molecule has 0 aromatic carbocycles. The molecule has 1 amide bonds. The van der Waals surface area contributed by atoms with Gasteiger partial charge in [0.15, 0.2) is 5.82 Å². The fourth-order valence-corrected chi connectivity index (χ4v) is 3.80. The number of fused-ring (bicyclic) bond motifs is 1. The molecule has 0 spiro atoms. The molecule has 27 heavy (non-hydrogen) atoms. The van der Waals surface area contributed by atoms with Crippen LogP contribution in [0.5, 0.6) is 0 Å². The number of carbonyl (C=O) groups excluding carboxylic acids is 1. The summed E-state index contributed by atoms with van der Waals surface area (Å²) in [7, 11) is 0. The predicted molar refractivity (Wildman–Crippen MR) is 102 cm³/mol. The van der Waals surface area contributed by atoms with E-state index in [1.54, 1.807) is 6.20 Å². The van der Waals surface area contributed by atoms with E-state index in [4.69, 9.17) is 4.74 Å². The zero-order valence-corrected chi connectivity index (χ0v) is 16.0. The second-order valence-electron chi connectivity index (χ2n) is 8.30. The minimum absolute atomic E-state index is 0.206. The molecule has 2 aromatic rings. The van der Waals surface area contributed by atoms with Crippen LogP contribution < -0.4 is 4.90 Å². The zero-order valence-electron chi connectivity index (χ0n) is 16.0. The van der Waals surface area contributed by atoms with Crippen molar-refractivity contribution in [2.24, 2.45) is 11.8 Å². The molecule has 0 saturated carbocycles. The molecular weight excluding hydrogens is 342 g/mol. The smallest absolute Gasteiger partial charge is 0.410 e. The van der Waals surface area contributed by atoms with E-state index < -0.39 is 5.60 Å². The van der Waals surface area contributed by atoms with Gasteiger partial charge in [-0.1, -0.05) is 6.07 Å². The summed E-state index contributed by atoms with van der Waals surface area (Å²) in [6.07, 6.45) is 1.55. The van der Waals surface area contributed by atoms with Crippen molar-refractivity contribution in [1.82, 2.24) is 20.1 Å². The average molecular weight is 367 g/mol. The van der Waals surface area contributed by atoms with Gasteiger partial charge in [-0.25, -0.2) is 4.79 Å². The monoisotopic (exact) mass is 367 g/mol. The first kappa shape index (κ1) is 17.7. The summed E-state index contributed by atoms with van der Waals surface area (Å²) in [6, 6.07) is 9.72. The number of hydrogen-bond acceptors (Lipinski definition) is 6. The maximum Gasteiger partial charge on any atom is 0.410 e. The molecule has 0 N–H and O–H groups in total. The van der Waals surface area contributed by atoms with Crippen LogP contribution in [0, 0.1) is 11.8 Å². The number of rotatable bonds is 2. The van der Waals surface area contributed by atoms with Crippen LogP contribution in [0.2, 0.25) is 0 Å². The molecule has 2 unspecified atom stereocenters. The first-order valence-corrected chi connectivity index (χ1v) is 9.37. The van der Waals surface area contributed by atoms with Crippen molar-refractivity contribution < 1.29 is 9.53 Å². The minimum Gasteiger partial charge on any atom is -0.444 e. The molecule has 0 aliphatic carbocycles. The molecule has 2 aliphatic heterocycles. The van der Waals surface area contributed by atoms with Gasteiger partial charge in [-0.3, -0.25) is 4.98 Å². The van der Waals surface area contributed by atoms with Crippen molar-refractivity contribution >= 4 is 11.9 Å². The SMILES string of the molecule is CC(C)(C)OC(=O)N1CC2CN(c3ccc(-c4ccccn4)nn3)CC2C1. The van der Waals surface area contributed by atoms with Crippen LogP contribution in [-0.4, -0.2) is 58.0 Å². The van der Waals surface area contributed by atoms with Crippen LogP contribution in [-0.2, 0) is 4.74 Å². The van der Waals surface area contributed by atoms with Gasteiger partial charge in [-0.15, -0.1) is 10.2 Å². The molecule has 2 atom stereocenters. The topological polar surface area (TPSA) is 71.5 Å². The molecule has 2 saturated heterocycles. The Morgan fingerprint density at radius 1 is 1.00 bits per heavy atom. The van der Waals surface area contributed by atoms with Crippen molar-refractivity contribution in [1.29, 1.82) is 0 Å². The normalized spacial score (nSPS) is 22.0. The standard InChI is InChI=1S/C20H25N5O2/c1-20(2,3)27-19(26)25-12-14-10-24(11-15(14)13-25)18-8-7-17(22-23-18)16-6-4-5-9-21-16/h4-9,14-15H,10-13H2,1-3H3. The number of pyridine rings is 1. The molecule has 2 fully saturated rings. The van der Waals surface area contributed by atoms with Crippen LogP contribution in [0.1, 0.15) is 20.8 Å². The first-order valence-electron chi connectivity index (χ1n) is 9.37. The Labute approximate surface area is 159 Å². The first-order chi connectivity index (χ1) is 12.9. The van der Waals surface area contributed by atoms with Crippen molar-refractivity contribution in [3.63, 3.8) is 0 Å². The van der Waals surface area contributed by atoms with Crippen molar-refractivity contribution in [2.75, 3.05) is 31.1 Å². The fraction of sp³-hybridized carbons (Fsp3) is 0.500. The minimum atomic E-state index is -0.453. The van der Waals surface area contributed by atoms with Crippen molar-refractivity contribution in [3.8, 4) is 11.4 Å². The van der Waals surface area contributed by atoms with E-state index >= 15 is 0 Å². The number of amides is 1. The van der Waals surface area contributed by atoms with Crippen LogP contribution >= 0.6 is 0 Å². The van der Waals surface area contributed by atoms with E-state index in [9.17, 15) is 4.79 Å². The largest absolute Gasteiger partial charge is 0.444 e. The zero-order chi connectivity index (χ0) is 19.0. The lowest BCUT2D eigenvalue weighted by Crippen LogP contribution is -2.37. The third-order valence-electron chi connectivity index (χ3n) is 5.04. The molecule has 7 heteroatoms. The van der Waals surface area contributed by atoms with E-state index in [1.165, 1.54) is 0 Å². The Morgan fingerprint density at radius 2 is 1.74 bits per heavy atom. The van der Waals surface area contributed by atoms with Gasteiger partial charge in [-0.05, 0) is 45.0 Å². The number of likely N-dealkylation sites (tertiary alicyclic amines) is 1. The third kappa shape index (κ3) is 3.86. The van der Waals surface area contributed by atoms with Crippen LogP contribution in [0.3, 0.4) is 0 Å². The lowest BCUT2D eigenvalue weighted by atomic mass is 10.0. The molecule has 2 aromatic heterocycles. The van der Waals surface area contributed by atoms with Gasteiger partial charge >= 0.3 is 6.09 Å². The Kier molecular flexibility index (Phi) is 4.45. The average Bonchev–Trinajstić information content (AvgIpc) is 3.20. The lowest BCUT2D eigenvalue weighted by Gasteiger charge is -2.26. The highest BCUT2D eigenvalue weighted by atomic mass is 16.6. The fourth-order valence-electron chi connectivity index (χ4n) is 3.80. The van der Waals surface area contributed by atoms with E-state index in [1.807, 2.05) is 56.0 Å². The van der Waals surface area contributed by atoms with Crippen molar-refractivity contribution in [2.45, 2.75) is 26.4 Å². The maximum atomic E-state index is 12.3. The predicted octanol–water partition coefficient (Wildman–Crippen LogP) is 2.84. The quantitative estimate of drug-likeness (QED) is 0.813. The summed E-state index contributed by atoms with van der Waals surface area (Å²) in [5.41, 5.74) is 1.14. The lowest BCUT2D eigenvalue weighted by molar-refractivity contribution is 0.0282.